The van der Waals surface area contributed by atoms with E-state index >= 15 is 0 Å². The van der Waals surface area contributed by atoms with Gasteiger partial charge in [0, 0.05) is 19.2 Å². The minimum Gasteiger partial charge on any atom is -0.480 e. The number of benzene rings is 1. The number of aromatic nitrogens is 2. The molecular weight excluding hydrogens is 230 g/mol. The summed E-state index contributed by atoms with van der Waals surface area (Å²) in [4.78, 5) is 18.0. The fraction of sp³-hybridized carbons (Fsp3) is 0.231. The van der Waals surface area contributed by atoms with E-state index in [0.717, 1.165) is 11.3 Å². The average molecular weight is 245 g/mol. The predicted molar refractivity (Wildman–Crippen MR) is 67.0 cm³/mol. The smallest absolute Gasteiger partial charge is 0.321 e. The van der Waals surface area contributed by atoms with E-state index < -0.39 is 12.0 Å². The van der Waals surface area contributed by atoms with Crippen molar-refractivity contribution in [2.45, 2.75) is 19.0 Å². The molecule has 0 spiro atoms. The van der Waals surface area contributed by atoms with Gasteiger partial charge in [0.2, 0.25) is 0 Å². The van der Waals surface area contributed by atoms with E-state index in [9.17, 15) is 4.79 Å². The van der Waals surface area contributed by atoms with Crippen LogP contribution in [0.3, 0.4) is 0 Å². The molecule has 2 rings (SSSR count). The molecule has 1 unspecified atom stereocenters. The molecule has 1 heterocycles. The Morgan fingerprint density at radius 2 is 2.17 bits per heavy atom. The molecule has 1 aromatic heterocycles. The summed E-state index contributed by atoms with van der Waals surface area (Å²) in [6.45, 7) is 0.530. The largest absolute Gasteiger partial charge is 0.480 e. The zero-order chi connectivity index (χ0) is 12.8. The number of imidazole rings is 1. The highest BCUT2D eigenvalue weighted by atomic mass is 16.4. The van der Waals surface area contributed by atoms with Crippen molar-refractivity contribution in [2.24, 2.45) is 0 Å². The van der Waals surface area contributed by atoms with Gasteiger partial charge in [0.1, 0.15) is 6.04 Å². The van der Waals surface area contributed by atoms with Crippen molar-refractivity contribution in [3.05, 3.63) is 54.1 Å². The number of carboxylic acids is 1. The van der Waals surface area contributed by atoms with Crippen LogP contribution in [-0.2, 0) is 17.8 Å². The lowest BCUT2D eigenvalue weighted by Crippen LogP contribution is -2.38. The minimum atomic E-state index is -0.867. The number of carboxylic acid groups (broad SMARTS) is 1. The van der Waals surface area contributed by atoms with Crippen LogP contribution in [0.15, 0.2) is 42.9 Å². The third kappa shape index (κ3) is 3.43. The van der Waals surface area contributed by atoms with Gasteiger partial charge in [0.05, 0.1) is 12.0 Å². The Kier molecular flexibility index (Phi) is 4.09. The van der Waals surface area contributed by atoms with Gasteiger partial charge in [0.25, 0.3) is 0 Å². The van der Waals surface area contributed by atoms with E-state index in [0.29, 0.717) is 13.0 Å². The molecule has 0 radical (unpaired) electrons. The number of rotatable bonds is 6. The second-order valence-corrected chi connectivity index (χ2v) is 4.02. The summed E-state index contributed by atoms with van der Waals surface area (Å²) in [5.74, 6) is -0.867. The molecule has 0 fully saturated rings. The monoisotopic (exact) mass is 245 g/mol. The molecule has 0 aliphatic carbocycles. The van der Waals surface area contributed by atoms with Gasteiger partial charge >= 0.3 is 5.97 Å². The number of hydrogen-bond acceptors (Lipinski definition) is 3. The zero-order valence-electron chi connectivity index (χ0n) is 9.84. The number of nitrogens with one attached hydrogen (secondary N) is 2. The number of hydrogen-bond donors (Lipinski definition) is 3. The standard InChI is InChI=1S/C13H15N3O2/c17-13(18)12(6-11-8-14-9-16-11)15-7-10-4-2-1-3-5-10/h1-5,8-9,12,15H,6-7H2,(H,14,16)(H,17,18). The molecule has 1 aromatic carbocycles. The van der Waals surface area contributed by atoms with E-state index in [1.54, 1.807) is 12.5 Å². The summed E-state index contributed by atoms with van der Waals surface area (Å²) >= 11 is 0. The summed E-state index contributed by atoms with van der Waals surface area (Å²) in [5.41, 5.74) is 1.80. The molecule has 0 amide bonds. The molecule has 0 bridgehead atoms. The Morgan fingerprint density at radius 3 is 2.78 bits per heavy atom. The molecule has 0 aliphatic rings. The molecule has 0 aliphatic heterocycles. The summed E-state index contributed by atoms with van der Waals surface area (Å²) in [6.07, 6.45) is 3.62. The van der Waals surface area contributed by atoms with Crippen molar-refractivity contribution in [1.29, 1.82) is 0 Å². The van der Waals surface area contributed by atoms with Crippen molar-refractivity contribution in [1.82, 2.24) is 15.3 Å². The maximum atomic E-state index is 11.1. The average Bonchev–Trinajstić information content (AvgIpc) is 2.88. The summed E-state index contributed by atoms with van der Waals surface area (Å²) in [5, 5.41) is 12.2. The highest BCUT2D eigenvalue weighted by Crippen LogP contribution is 2.02. The lowest BCUT2D eigenvalue weighted by atomic mass is 10.1. The summed E-state index contributed by atoms with van der Waals surface area (Å²) in [6, 6.07) is 9.08. The van der Waals surface area contributed by atoms with Gasteiger partial charge in [-0.2, -0.15) is 0 Å². The number of nitrogens with zero attached hydrogens (tertiary/aromatic N) is 1. The Morgan fingerprint density at radius 1 is 1.39 bits per heavy atom. The van der Waals surface area contributed by atoms with E-state index in [4.69, 9.17) is 5.11 Å². The molecule has 0 saturated heterocycles. The van der Waals surface area contributed by atoms with Crippen LogP contribution < -0.4 is 5.32 Å². The van der Waals surface area contributed by atoms with Gasteiger partial charge in [0.15, 0.2) is 0 Å². The Balaban J connectivity index is 1.93. The van der Waals surface area contributed by atoms with Gasteiger partial charge in [-0.05, 0) is 5.56 Å². The first kappa shape index (κ1) is 12.3. The maximum Gasteiger partial charge on any atom is 0.321 e. The van der Waals surface area contributed by atoms with Crippen LogP contribution in [0.4, 0.5) is 0 Å². The lowest BCUT2D eigenvalue weighted by molar-refractivity contribution is -0.139. The fourth-order valence-electron chi connectivity index (χ4n) is 1.70. The van der Waals surface area contributed by atoms with Gasteiger partial charge in [-0.15, -0.1) is 0 Å². The molecule has 0 saturated carbocycles. The van der Waals surface area contributed by atoms with Crippen molar-refractivity contribution in [2.75, 3.05) is 0 Å². The highest BCUT2D eigenvalue weighted by Gasteiger charge is 2.17. The Labute approximate surface area is 105 Å². The van der Waals surface area contributed by atoms with E-state index in [1.807, 2.05) is 30.3 Å². The van der Waals surface area contributed by atoms with Gasteiger partial charge < -0.3 is 10.1 Å². The van der Waals surface area contributed by atoms with Gasteiger partial charge in [-0.25, -0.2) is 4.98 Å². The number of aromatic amines is 1. The molecule has 18 heavy (non-hydrogen) atoms. The molecule has 1 atom stereocenters. The molecular formula is C13H15N3O2. The molecule has 5 nitrogen and oxygen atoms in total. The molecule has 2 aromatic rings. The third-order valence-electron chi connectivity index (χ3n) is 2.66. The maximum absolute atomic E-state index is 11.1. The topological polar surface area (TPSA) is 78.0 Å². The highest BCUT2D eigenvalue weighted by molar-refractivity contribution is 5.73. The van der Waals surface area contributed by atoms with Crippen molar-refractivity contribution in [3.63, 3.8) is 0 Å². The van der Waals surface area contributed by atoms with Crippen LogP contribution in [0.1, 0.15) is 11.3 Å². The number of aliphatic carboxylic acids is 1. The fourth-order valence-corrected chi connectivity index (χ4v) is 1.70. The molecule has 3 N–H and O–H groups in total. The molecule has 94 valence electrons. The first-order valence-corrected chi connectivity index (χ1v) is 5.73. The van der Waals surface area contributed by atoms with Crippen LogP contribution >= 0.6 is 0 Å². The SMILES string of the molecule is O=C(O)C(Cc1c[nH]cn1)NCc1ccccc1. The first-order chi connectivity index (χ1) is 8.75. The van der Waals surface area contributed by atoms with Crippen LogP contribution in [-0.4, -0.2) is 27.1 Å². The van der Waals surface area contributed by atoms with Crippen LogP contribution in [0, 0.1) is 0 Å². The van der Waals surface area contributed by atoms with E-state index in [2.05, 4.69) is 15.3 Å². The Hall–Kier alpha value is -2.14. The second-order valence-electron chi connectivity index (χ2n) is 4.02. The number of carbonyl (C=O) groups is 1. The zero-order valence-corrected chi connectivity index (χ0v) is 9.84. The van der Waals surface area contributed by atoms with Crippen molar-refractivity contribution < 1.29 is 9.90 Å². The first-order valence-electron chi connectivity index (χ1n) is 5.73. The third-order valence-corrected chi connectivity index (χ3v) is 2.66. The van der Waals surface area contributed by atoms with E-state index in [1.165, 1.54) is 0 Å². The second kappa shape index (κ2) is 5.97. The predicted octanol–water partition coefficient (Wildman–Crippen LogP) is 1.20. The van der Waals surface area contributed by atoms with Crippen LogP contribution in [0.2, 0.25) is 0 Å². The van der Waals surface area contributed by atoms with Crippen molar-refractivity contribution >= 4 is 5.97 Å². The van der Waals surface area contributed by atoms with E-state index in [-0.39, 0.29) is 0 Å². The lowest BCUT2D eigenvalue weighted by Gasteiger charge is -2.13. The van der Waals surface area contributed by atoms with Gasteiger partial charge in [-0.3, -0.25) is 10.1 Å². The van der Waals surface area contributed by atoms with Crippen LogP contribution in [0.5, 0.6) is 0 Å². The summed E-state index contributed by atoms with van der Waals surface area (Å²) < 4.78 is 0. The quantitative estimate of drug-likeness (QED) is 0.714. The van der Waals surface area contributed by atoms with Crippen molar-refractivity contribution in [3.8, 4) is 0 Å². The Bertz CT molecular complexity index is 482. The number of H-pyrrole nitrogens is 1. The van der Waals surface area contributed by atoms with Gasteiger partial charge in [-0.1, -0.05) is 30.3 Å². The molecule has 5 heteroatoms. The summed E-state index contributed by atoms with van der Waals surface area (Å²) in [7, 11) is 0. The minimum absolute atomic E-state index is 0.367. The van der Waals surface area contributed by atoms with Crippen LogP contribution in [0.25, 0.3) is 0 Å². The normalized spacial score (nSPS) is 12.2.